The molecule has 1 atom stereocenters. The first kappa shape index (κ1) is 20.2. The Morgan fingerprint density at radius 1 is 0.893 bits per heavy atom. The van der Waals surface area contributed by atoms with Gasteiger partial charge in [-0.2, -0.15) is 10.2 Å². The Bertz CT molecular complexity index is 924. The van der Waals surface area contributed by atoms with Crippen molar-refractivity contribution in [2.45, 2.75) is 9.96 Å². The Kier molecular flexibility index (Phi) is 6.57. The van der Waals surface area contributed by atoms with E-state index in [1.165, 1.54) is 12.3 Å². The van der Waals surface area contributed by atoms with Gasteiger partial charge in [0, 0.05) is 5.69 Å². The lowest BCUT2D eigenvalue weighted by molar-refractivity contribution is 0.0914. The summed E-state index contributed by atoms with van der Waals surface area (Å²) in [6.07, 6.45) is 0.391. The van der Waals surface area contributed by atoms with Gasteiger partial charge in [0.2, 0.25) is 3.79 Å². The number of halogens is 3. The molecule has 1 heterocycles. The van der Waals surface area contributed by atoms with Gasteiger partial charge in [0.1, 0.15) is 6.17 Å². The van der Waals surface area contributed by atoms with Gasteiger partial charge in [-0.1, -0.05) is 53.0 Å². The Labute approximate surface area is 176 Å². The normalized spacial score (nSPS) is 12.7. The Hall–Kier alpha value is -2.54. The lowest BCUT2D eigenvalue weighted by atomic mass is 10.2. The van der Waals surface area contributed by atoms with Crippen LogP contribution in [0, 0.1) is 0 Å². The number of azo groups is 1. The second-order valence-corrected chi connectivity index (χ2v) is 8.02. The van der Waals surface area contributed by atoms with Crippen LogP contribution in [0.3, 0.4) is 0 Å². The maximum Gasteiger partial charge on any atom is 0.288 e. The first-order chi connectivity index (χ1) is 13.4. The molecule has 0 bridgehead atoms. The summed E-state index contributed by atoms with van der Waals surface area (Å²) in [5, 5.41) is 13.9. The number of hydrogen-bond donors (Lipinski definition) is 2. The van der Waals surface area contributed by atoms with E-state index in [1.54, 1.807) is 30.3 Å². The van der Waals surface area contributed by atoms with Crippen LogP contribution in [0.25, 0.3) is 0 Å². The minimum absolute atomic E-state index is 0.109. The minimum atomic E-state index is -1.80. The highest BCUT2D eigenvalue weighted by Gasteiger charge is 2.34. The smallest absolute Gasteiger partial charge is 0.288 e. The van der Waals surface area contributed by atoms with E-state index in [2.05, 4.69) is 20.9 Å². The molecule has 6 nitrogen and oxygen atoms in total. The van der Waals surface area contributed by atoms with Crippen molar-refractivity contribution in [1.29, 1.82) is 0 Å². The van der Waals surface area contributed by atoms with Gasteiger partial charge < -0.3 is 15.1 Å². The van der Waals surface area contributed by atoms with Crippen LogP contribution in [0.15, 0.2) is 87.6 Å². The Morgan fingerprint density at radius 2 is 1.54 bits per heavy atom. The zero-order valence-electron chi connectivity index (χ0n) is 14.4. The molecule has 144 valence electrons. The number of alkyl halides is 3. The minimum Gasteiger partial charge on any atom is -0.459 e. The average Bonchev–Trinajstić information content (AvgIpc) is 3.22. The summed E-state index contributed by atoms with van der Waals surface area (Å²) >= 11 is 18.0. The molecule has 0 unspecified atom stereocenters. The monoisotopic (exact) mass is 436 g/mol. The Balaban J connectivity index is 1.67. The summed E-state index contributed by atoms with van der Waals surface area (Å²) in [7, 11) is 0. The lowest BCUT2D eigenvalue weighted by Gasteiger charge is -2.27. The lowest BCUT2D eigenvalue weighted by Crippen LogP contribution is -2.49. The fourth-order valence-corrected chi connectivity index (χ4v) is 2.54. The molecule has 0 aliphatic heterocycles. The SMILES string of the molecule is O=C(N[C@H](Nc1ccc(N=Nc2ccccc2)cc1)C(Cl)(Cl)Cl)c1ccco1. The maximum absolute atomic E-state index is 12.2. The molecule has 3 aromatic rings. The number of hydrogen-bond acceptors (Lipinski definition) is 5. The number of carbonyl (C=O) groups is 1. The van der Waals surface area contributed by atoms with Gasteiger partial charge in [-0.15, -0.1) is 0 Å². The van der Waals surface area contributed by atoms with Crippen LogP contribution < -0.4 is 10.6 Å². The number of nitrogens with zero attached hydrogens (tertiary/aromatic N) is 2. The highest BCUT2D eigenvalue weighted by molar-refractivity contribution is 6.68. The van der Waals surface area contributed by atoms with Crippen molar-refractivity contribution in [3.63, 3.8) is 0 Å². The van der Waals surface area contributed by atoms with E-state index in [4.69, 9.17) is 39.2 Å². The predicted molar refractivity (Wildman–Crippen MR) is 111 cm³/mol. The van der Waals surface area contributed by atoms with E-state index >= 15 is 0 Å². The maximum atomic E-state index is 12.2. The van der Waals surface area contributed by atoms with Crippen LogP contribution in [-0.2, 0) is 0 Å². The van der Waals surface area contributed by atoms with Crippen LogP contribution in [0.1, 0.15) is 10.6 Å². The van der Waals surface area contributed by atoms with Crippen molar-refractivity contribution in [3.8, 4) is 0 Å². The molecule has 0 aliphatic rings. The largest absolute Gasteiger partial charge is 0.459 e. The highest BCUT2D eigenvalue weighted by Crippen LogP contribution is 2.31. The average molecular weight is 438 g/mol. The summed E-state index contributed by atoms with van der Waals surface area (Å²) in [4.78, 5) is 12.2. The van der Waals surface area contributed by atoms with Crippen LogP contribution >= 0.6 is 34.8 Å². The number of nitrogens with one attached hydrogen (secondary N) is 2. The molecular weight excluding hydrogens is 423 g/mol. The molecule has 0 radical (unpaired) electrons. The topological polar surface area (TPSA) is 79.0 Å². The molecule has 1 aromatic heterocycles. The van der Waals surface area contributed by atoms with Crippen LogP contribution in [0.5, 0.6) is 0 Å². The Morgan fingerprint density at radius 3 is 2.11 bits per heavy atom. The van der Waals surface area contributed by atoms with Gasteiger partial charge in [0.25, 0.3) is 5.91 Å². The van der Waals surface area contributed by atoms with Crippen molar-refractivity contribution in [2.24, 2.45) is 10.2 Å². The fourth-order valence-electron chi connectivity index (χ4n) is 2.21. The van der Waals surface area contributed by atoms with Gasteiger partial charge >= 0.3 is 0 Å². The third-order valence-corrected chi connectivity index (χ3v) is 4.22. The summed E-state index contributed by atoms with van der Waals surface area (Å²) in [6.45, 7) is 0. The highest BCUT2D eigenvalue weighted by atomic mass is 35.6. The third kappa shape index (κ3) is 5.73. The van der Waals surface area contributed by atoms with E-state index in [0.29, 0.717) is 11.4 Å². The van der Waals surface area contributed by atoms with Crippen molar-refractivity contribution >= 4 is 57.8 Å². The zero-order chi connectivity index (χ0) is 20.0. The summed E-state index contributed by atoms with van der Waals surface area (Å²) in [6, 6.07) is 19.5. The quantitative estimate of drug-likeness (QED) is 0.272. The number of anilines is 1. The van der Waals surface area contributed by atoms with E-state index in [-0.39, 0.29) is 5.76 Å². The molecule has 9 heteroatoms. The van der Waals surface area contributed by atoms with Gasteiger partial charge in [-0.25, -0.2) is 0 Å². The first-order valence-electron chi connectivity index (χ1n) is 8.16. The molecule has 0 aliphatic carbocycles. The standard InChI is InChI=1S/C19H15Cl3N4O2/c20-19(21,22)18(24-17(27)16-7-4-12-28-16)23-13-8-10-15(11-9-13)26-25-14-5-2-1-3-6-14/h1-12,18,23H,(H,24,27)/t18-/m0/s1. The van der Waals surface area contributed by atoms with E-state index < -0.39 is 15.9 Å². The molecule has 0 spiro atoms. The van der Waals surface area contributed by atoms with Crippen molar-refractivity contribution in [2.75, 3.05) is 5.32 Å². The first-order valence-corrected chi connectivity index (χ1v) is 9.30. The number of amides is 1. The predicted octanol–water partition coefficient (Wildman–Crippen LogP) is 6.23. The summed E-state index contributed by atoms with van der Waals surface area (Å²) in [5.41, 5.74) is 2.02. The van der Waals surface area contributed by atoms with E-state index in [1.807, 2.05) is 30.3 Å². The molecule has 28 heavy (non-hydrogen) atoms. The second-order valence-electron chi connectivity index (χ2n) is 5.65. The van der Waals surface area contributed by atoms with Gasteiger partial charge in [0.15, 0.2) is 5.76 Å². The molecule has 1 amide bonds. The van der Waals surface area contributed by atoms with Crippen molar-refractivity contribution in [1.82, 2.24) is 5.32 Å². The van der Waals surface area contributed by atoms with E-state index in [0.717, 1.165) is 5.69 Å². The van der Waals surface area contributed by atoms with Gasteiger partial charge in [0.05, 0.1) is 17.6 Å². The van der Waals surface area contributed by atoms with E-state index in [9.17, 15) is 4.79 Å². The third-order valence-electron chi connectivity index (χ3n) is 3.56. The summed E-state index contributed by atoms with van der Waals surface area (Å²) < 4.78 is 3.25. The van der Waals surface area contributed by atoms with Gasteiger partial charge in [-0.05, 0) is 48.5 Å². The second kappa shape index (κ2) is 9.10. The summed E-state index contributed by atoms with van der Waals surface area (Å²) in [5.74, 6) is -0.403. The molecule has 0 saturated carbocycles. The molecule has 3 rings (SSSR count). The number of furan rings is 1. The van der Waals surface area contributed by atoms with Gasteiger partial charge in [-0.3, -0.25) is 4.79 Å². The molecule has 0 saturated heterocycles. The van der Waals surface area contributed by atoms with Crippen molar-refractivity contribution in [3.05, 3.63) is 78.8 Å². The molecule has 2 N–H and O–H groups in total. The number of carbonyl (C=O) groups excluding carboxylic acids is 1. The van der Waals surface area contributed by atoms with Crippen LogP contribution in [0.4, 0.5) is 17.1 Å². The number of rotatable bonds is 6. The van der Waals surface area contributed by atoms with Crippen LogP contribution in [0.2, 0.25) is 0 Å². The number of benzene rings is 2. The molecule has 0 fully saturated rings. The molecule has 2 aromatic carbocycles. The van der Waals surface area contributed by atoms with Crippen molar-refractivity contribution < 1.29 is 9.21 Å². The molecular formula is C19H15Cl3N4O2. The zero-order valence-corrected chi connectivity index (χ0v) is 16.6. The van der Waals surface area contributed by atoms with Crippen LogP contribution in [-0.4, -0.2) is 15.9 Å². The fraction of sp³-hybridized carbons (Fsp3) is 0.105.